The monoisotopic (exact) mass is 591 g/mol. The van der Waals surface area contributed by atoms with Crippen molar-refractivity contribution < 1.29 is 42.1 Å². The quantitative estimate of drug-likeness (QED) is 0.175. The molecule has 1 fully saturated rings. The number of ether oxygens (including phenoxy) is 3. The zero-order chi connectivity index (χ0) is 30.1. The number of carbonyl (C=O) groups excluding carboxylic acids is 1. The van der Waals surface area contributed by atoms with Gasteiger partial charge in [-0.1, -0.05) is 48.9 Å². The molecule has 2 N–H and O–H groups in total. The lowest BCUT2D eigenvalue weighted by Crippen LogP contribution is -2.35. The van der Waals surface area contributed by atoms with Crippen LogP contribution in [0.25, 0.3) is 21.9 Å². The van der Waals surface area contributed by atoms with E-state index in [2.05, 4.69) is 10.1 Å². The first-order valence-electron chi connectivity index (χ1n) is 14.0. The molecule has 4 aromatic carbocycles. The highest BCUT2D eigenvalue weighted by Crippen LogP contribution is 2.49. The Bertz CT molecular complexity index is 1680. The van der Waals surface area contributed by atoms with E-state index in [0.717, 1.165) is 30.5 Å². The minimum Gasteiger partial charge on any atom is -0.494 e. The van der Waals surface area contributed by atoms with Crippen molar-refractivity contribution in [3.05, 3.63) is 89.5 Å². The fourth-order valence-electron chi connectivity index (χ4n) is 5.76. The van der Waals surface area contributed by atoms with Crippen molar-refractivity contribution in [3.8, 4) is 28.4 Å². The summed E-state index contributed by atoms with van der Waals surface area (Å²) in [5, 5.41) is 14.6. The zero-order valence-corrected chi connectivity index (χ0v) is 22.9. The lowest BCUT2D eigenvalue weighted by molar-refractivity contribution is -0.189. The molecule has 222 valence electrons. The van der Waals surface area contributed by atoms with E-state index in [1.165, 1.54) is 31.0 Å². The van der Waals surface area contributed by atoms with E-state index in [4.69, 9.17) is 9.47 Å². The number of para-hydroxylation sites is 1. The Balaban J connectivity index is 1.35. The number of carboxylic acid groups (broad SMARTS) is 1. The molecule has 2 aliphatic heterocycles. The normalized spacial score (nSPS) is 17.8. The number of hydrogen-bond acceptors (Lipinski definition) is 6. The minimum absolute atomic E-state index is 0.0129. The molecule has 2 atom stereocenters. The van der Waals surface area contributed by atoms with Gasteiger partial charge in [0.15, 0.2) is 6.10 Å². The van der Waals surface area contributed by atoms with E-state index in [1.807, 2.05) is 24.3 Å². The van der Waals surface area contributed by atoms with Crippen molar-refractivity contribution >= 4 is 22.7 Å². The molecule has 6 rings (SSSR count). The Morgan fingerprint density at radius 3 is 2.47 bits per heavy atom. The van der Waals surface area contributed by atoms with Crippen LogP contribution in [0.1, 0.15) is 53.3 Å². The number of benzene rings is 4. The summed E-state index contributed by atoms with van der Waals surface area (Å²) in [6.45, 7) is 1.60. The summed E-state index contributed by atoms with van der Waals surface area (Å²) >= 11 is 0. The molecule has 0 aromatic heterocycles. The minimum atomic E-state index is -5.13. The van der Waals surface area contributed by atoms with Gasteiger partial charge >= 0.3 is 18.1 Å². The Morgan fingerprint density at radius 2 is 1.74 bits per heavy atom. The van der Waals surface area contributed by atoms with Crippen molar-refractivity contribution in [1.82, 2.24) is 5.32 Å². The molecular weight excluding hydrogens is 563 g/mol. The van der Waals surface area contributed by atoms with E-state index in [9.17, 15) is 27.9 Å². The number of esters is 1. The first-order chi connectivity index (χ1) is 20.7. The van der Waals surface area contributed by atoms with Crippen LogP contribution in [0, 0.1) is 0 Å². The van der Waals surface area contributed by atoms with E-state index in [-0.39, 0.29) is 17.1 Å². The van der Waals surface area contributed by atoms with Crippen LogP contribution >= 0.6 is 0 Å². The van der Waals surface area contributed by atoms with Gasteiger partial charge in [0.2, 0.25) is 0 Å². The summed E-state index contributed by atoms with van der Waals surface area (Å²) in [6.07, 6.45) is -1.40. The van der Waals surface area contributed by atoms with Crippen molar-refractivity contribution in [2.24, 2.45) is 0 Å². The number of halogens is 3. The van der Waals surface area contributed by atoms with Gasteiger partial charge in [0, 0.05) is 17.2 Å². The average Bonchev–Trinajstić information content (AvgIpc) is 3.00. The lowest BCUT2D eigenvalue weighted by atomic mass is 9.85. The molecule has 0 bridgehead atoms. The number of nitrogens with one attached hydrogen (secondary N) is 1. The van der Waals surface area contributed by atoms with Gasteiger partial charge in [-0.3, -0.25) is 0 Å². The third-order valence-electron chi connectivity index (χ3n) is 7.84. The number of piperidine rings is 1. The van der Waals surface area contributed by atoms with Gasteiger partial charge in [-0.05, 0) is 78.0 Å². The van der Waals surface area contributed by atoms with Crippen LogP contribution in [0.4, 0.5) is 13.2 Å². The fraction of sp³-hybridized carbons (Fsp3) is 0.273. The highest BCUT2D eigenvalue weighted by atomic mass is 19.4. The molecule has 0 radical (unpaired) electrons. The molecule has 1 saturated heterocycles. The first kappa shape index (κ1) is 28.5. The maximum absolute atomic E-state index is 12.8. The summed E-state index contributed by atoms with van der Waals surface area (Å²) in [4.78, 5) is 23.5. The van der Waals surface area contributed by atoms with E-state index < -0.39 is 24.2 Å². The molecule has 2 heterocycles. The van der Waals surface area contributed by atoms with Gasteiger partial charge in [-0.15, -0.1) is 0 Å². The van der Waals surface area contributed by atoms with Gasteiger partial charge in [-0.25, -0.2) is 9.59 Å². The van der Waals surface area contributed by atoms with E-state index in [1.54, 1.807) is 30.3 Å². The topological polar surface area (TPSA) is 94.1 Å². The van der Waals surface area contributed by atoms with Crippen LogP contribution in [0.5, 0.6) is 17.2 Å². The standard InChI is InChI=1S/C33H28F3NO6/c34-33(35,36)32(40)42-23-12-14-24-20(18-23)9-13-25-26-5-3-6-27(31(38)39)30(26)43-29(28(24)25)19-7-10-22(11-8-19)41-17-15-21-4-1-2-16-37-21/h3,5-14,18,21,29,37H,1-2,4,15-17H2,(H,38,39). The Morgan fingerprint density at radius 1 is 0.953 bits per heavy atom. The van der Waals surface area contributed by atoms with E-state index in [0.29, 0.717) is 40.3 Å². The number of aromatic carboxylic acids is 1. The summed E-state index contributed by atoms with van der Waals surface area (Å²) in [7, 11) is 0. The average molecular weight is 592 g/mol. The second kappa shape index (κ2) is 11.6. The molecule has 4 aromatic rings. The predicted molar refractivity (Wildman–Crippen MR) is 153 cm³/mol. The van der Waals surface area contributed by atoms with Crippen LogP contribution in [-0.4, -0.2) is 42.4 Å². The maximum Gasteiger partial charge on any atom is 0.491 e. The molecule has 2 unspecified atom stereocenters. The molecule has 10 heteroatoms. The third-order valence-corrected chi connectivity index (χ3v) is 7.84. The highest BCUT2D eigenvalue weighted by Gasteiger charge is 2.41. The summed E-state index contributed by atoms with van der Waals surface area (Å²) in [6, 6.07) is 20.4. The van der Waals surface area contributed by atoms with Crippen LogP contribution in [0.2, 0.25) is 0 Å². The highest BCUT2D eigenvalue weighted by molar-refractivity contribution is 5.99. The van der Waals surface area contributed by atoms with Gasteiger partial charge in [0.25, 0.3) is 0 Å². The maximum atomic E-state index is 12.8. The molecule has 43 heavy (non-hydrogen) atoms. The Kier molecular flexibility index (Phi) is 7.70. The second-order valence-electron chi connectivity index (χ2n) is 10.6. The van der Waals surface area contributed by atoms with Crippen molar-refractivity contribution in [2.45, 2.75) is 44.0 Å². The molecule has 0 amide bonds. The number of fused-ring (bicyclic) bond motifs is 5. The summed E-state index contributed by atoms with van der Waals surface area (Å²) < 4.78 is 55.3. The van der Waals surface area contributed by atoms with Gasteiger partial charge in [0.1, 0.15) is 22.8 Å². The molecular formula is C33H28F3NO6. The zero-order valence-electron chi connectivity index (χ0n) is 22.9. The molecule has 2 aliphatic rings. The number of alkyl halides is 3. The third kappa shape index (κ3) is 5.87. The van der Waals surface area contributed by atoms with Crippen LogP contribution < -0.4 is 19.5 Å². The van der Waals surface area contributed by atoms with Gasteiger partial charge < -0.3 is 24.6 Å². The van der Waals surface area contributed by atoms with Crippen LogP contribution in [-0.2, 0) is 4.79 Å². The summed E-state index contributed by atoms with van der Waals surface area (Å²) in [5.74, 6) is -2.77. The molecule has 0 aliphatic carbocycles. The number of carboxylic acids is 1. The number of hydrogen-bond donors (Lipinski definition) is 2. The van der Waals surface area contributed by atoms with Crippen LogP contribution in [0.3, 0.4) is 0 Å². The Hall–Kier alpha value is -4.57. The smallest absolute Gasteiger partial charge is 0.491 e. The molecule has 7 nitrogen and oxygen atoms in total. The predicted octanol–water partition coefficient (Wildman–Crippen LogP) is 7.07. The largest absolute Gasteiger partial charge is 0.494 e. The van der Waals surface area contributed by atoms with E-state index >= 15 is 0 Å². The molecule has 0 spiro atoms. The fourth-order valence-corrected chi connectivity index (χ4v) is 5.76. The van der Waals surface area contributed by atoms with Crippen molar-refractivity contribution in [1.29, 1.82) is 0 Å². The Labute approximate surface area is 245 Å². The summed E-state index contributed by atoms with van der Waals surface area (Å²) in [5.41, 5.74) is 2.75. The second-order valence-corrected chi connectivity index (χ2v) is 10.6. The van der Waals surface area contributed by atoms with Crippen molar-refractivity contribution in [3.63, 3.8) is 0 Å². The number of carbonyl (C=O) groups is 2. The SMILES string of the molecule is O=C(O)c1cccc2c1OC(c1ccc(OCCC3CCCCN3)cc1)c1c-2ccc2cc(OC(=O)C(F)(F)F)ccc12. The van der Waals surface area contributed by atoms with Crippen molar-refractivity contribution in [2.75, 3.05) is 13.2 Å². The number of rotatable bonds is 7. The van der Waals surface area contributed by atoms with Gasteiger partial charge in [-0.2, -0.15) is 13.2 Å². The molecule has 0 saturated carbocycles. The lowest BCUT2D eigenvalue weighted by Gasteiger charge is -2.31. The van der Waals surface area contributed by atoms with Crippen LogP contribution in [0.15, 0.2) is 72.8 Å². The van der Waals surface area contributed by atoms with Gasteiger partial charge in [0.05, 0.1) is 6.61 Å². The first-order valence-corrected chi connectivity index (χ1v) is 14.0.